The molecule has 4 atom stereocenters. The van der Waals surface area contributed by atoms with Crippen LogP contribution in [0.15, 0.2) is 117 Å². The molecule has 6 aromatic carbocycles. The molecule has 0 bridgehead atoms. The zero-order valence-corrected chi connectivity index (χ0v) is 67.1. The zero-order chi connectivity index (χ0) is 81.1. The highest BCUT2D eigenvalue weighted by atomic mass is 16.5. The summed E-state index contributed by atoms with van der Waals surface area (Å²) in [6, 6.07) is 30.1. The summed E-state index contributed by atoms with van der Waals surface area (Å²) in [6.45, 7) is 9.37. The topological polar surface area (TPSA) is 286 Å². The van der Waals surface area contributed by atoms with E-state index in [9.17, 15) is 38.4 Å². The van der Waals surface area contributed by atoms with Gasteiger partial charge in [-0.25, -0.2) is 0 Å². The average Bonchev–Trinajstić information content (AvgIpc) is 1.69. The summed E-state index contributed by atoms with van der Waals surface area (Å²) in [7, 11) is 6.19. The Morgan fingerprint density at radius 1 is 0.336 bits per heavy atom. The zero-order valence-electron chi connectivity index (χ0n) is 67.1. The lowest BCUT2D eigenvalue weighted by molar-refractivity contribution is -0.133. The molecule has 28 nitrogen and oxygen atoms in total. The van der Waals surface area contributed by atoms with Crippen molar-refractivity contribution in [3.8, 4) is 46.0 Å². The van der Waals surface area contributed by atoms with Crippen molar-refractivity contribution in [2.45, 2.75) is 168 Å². The van der Waals surface area contributed by atoms with Crippen LogP contribution < -0.4 is 42.8 Å². The van der Waals surface area contributed by atoms with E-state index in [1.165, 1.54) is 23.1 Å². The van der Waals surface area contributed by atoms with Gasteiger partial charge < -0.3 is 77.1 Å². The Morgan fingerprint density at radius 3 is 0.958 bits per heavy atom. The number of anilines is 1. The molecule has 8 amide bonds. The van der Waals surface area contributed by atoms with E-state index in [-0.39, 0.29) is 126 Å². The number of amides is 8. The molecule has 0 aromatic heterocycles. The molecule has 12 aliphatic heterocycles. The normalized spacial score (nSPS) is 19.7. The minimum Gasteiger partial charge on any atom is -0.493 e. The van der Waals surface area contributed by atoms with E-state index < -0.39 is 0 Å². The number of hydrogen-bond donors (Lipinski definition) is 0. The Bertz CT molecular complexity index is 4850. The van der Waals surface area contributed by atoms with Gasteiger partial charge in [0.15, 0.2) is 46.0 Å². The van der Waals surface area contributed by atoms with Crippen LogP contribution >= 0.6 is 0 Å². The van der Waals surface area contributed by atoms with Crippen LogP contribution in [-0.2, 0) is 38.7 Å². The molecule has 0 N–H and O–H groups in total. The van der Waals surface area contributed by atoms with Crippen LogP contribution in [0.1, 0.15) is 182 Å². The van der Waals surface area contributed by atoms with E-state index in [1.54, 1.807) is 77.0 Å². The standard InChI is InChI=1S/2C24H25N3O4.C21H27N3O4.C20H25N3O4.2CH4/c1-30-21-13-18-19(25-15-17-6-4-10-26(17)24(18)29)14-22(21)31-12-9-23(28)27-11-8-16-5-2-3-7-20(16)27;1-30-21-11-19-20(25-13-18-7-4-9-27(18)24(19)29)12-22(21)31-10-8-23(28)26-14-16-5-2-3-6-17(16)15-26;1-27-18-12-16-17(22-14-15-6-5-10-24(15)21(16)26)13-19(18)28-11-7-20(25)23-8-3-2-4-9-23;1-26-17-11-15-16(21-13-14-5-4-9-23(14)20(15)25)12-18(17)27-10-6-19(24)22-7-2-3-8-22;;/h2-3,5,7,13-15,17H,4,6,8-12H2,1H3;2-3,5-6,11-13,18H,4,7-10,14-15H2,1H3;12-15H,2-11H2,1H3;11-14H,2-10H2,1H3;2*1H4/t17-;18-;15-;14-;;/m0000../s1. The maximum absolute atomic E-state index is 12.9. The first kappa shape index (κ1) is 85.1. The van der Waals surface area contributed by atoms with Gasteiger partial charge in [-0.05, 0) is 137 Å². The lowest BCUT2D eigenvalue weighted by Gasteiger charge is -2.26. The molecule has 12 aliphatic rings. The van der Waals surface area contributed by atoms with Crippen LogP contribution in [0.5, 0.6) is 46.0 Å². The molecule has 0 unspecified atom stereocenters. The summed E-state index contributed by atoms with van der Waals surface area (Å²) in [5.41, 5.74) is 9.06. The fourth-order valence-corrected chi connectivity index (χ4v) is 17.3. The highest BCUT2D eigenvalue weighted by molar-refractivity contribution is 6.06. The summed E-state index contributed by atoms with van der Waals surface area (Å²) in [6.07, 6.45) is 22.7. The number of hydrogen-bond acceptors (Lipinski definition) is 20. The van der Waals surface area contributed by atoms with Gasteiger partial charge in [0.2, 0.25) is 23.6 Å². The van der Waals surface area contributed by atoms with Gasteiger partial charge >= 0.3 is 0 Å². The van der Waals surface area contributed by atoms with Crippen molar-refractivity contribution in [1.82, 2.24) is 34.3 Å². The fraction of sp³-hybridized carbons (Fsp3) is 0.473. The third-order valence-corrected chi connectivity index (χ3v) is 23.7. The predicted molar refractivity (Wildman–Crippen MR) is 454 cm³/mol. The molecule has 18 rings (SSSR count). The van der Waals surface area contributed by atoms with Crippen molar-refractivity contribution in [1.29, 1.82) is 0 Å². The number of carbonyl (C=O) groups is 8. The lowest BCUT2D eigenvalue weighted by atomic mass is 10.1. The third-order valence-electron chi connectivity index (χ3n) is 23.7. The number of aliphatic imine (C=N–C) groups is 4. The molecular weight excluding hydrogens is 1520 g/mol. The Morgan fingerprint density at radius 2 is 0.630 bits per heavy atom. The summed E-state index contributed by atoms with van der Waals surface area (Å²) in [5, 5.41) is 0. The van der Waals surface area contributed by atoms with Crippen LogP contribution in [0.25, 0.3) is 0 Å². The number of benzene rings is 6. The van der Waals surface area contributed by atoms with Gasteiger partial charge in [-0.1, -0.05) is 57.3 Å². The van der Waals surface area contributed by atoms with E-state index in [1.807, 2.05) is 94.4 Å². The number of para-hydroxylation sites is 1. The van der Waals surface area contributed by atoms with Gasteiger partial charge in [-0.15, -0.1) is 0 Å². The van der Waals surface area contributed by atoms with Gasteiger partial charge in [-0.2, -0.15) is 0 Å². The van der Waals surface area contributed by atoms with Crippen LogP contribution in [0.4, 0.5) is 28.4 Å². The van der Waals surface area contributed by atoms with Crippen molar-refractivity contribution in [3.63, 3.8) is 0 Å². The highest BCUT2D eigenvalue weighted by Gasteiger charge is 2.38. The summed E-state index contributed by atoms with van der Waals surface area (Å²) >= 11 is 0. The van der Waals surface area contributed by atoms with Crippen LogP contribution in [0, 0.1) is 0 Å². The third kappa shape index (κ3) is 19.0. The molecule has 119 heavy (non-hydrogen) atoms. The summed E-state index contributed by atoms with van der Waals surface area (Å²) in [5.74, 6) is 4.19. The molecule has 6 fully saturated rings. The predicted octanol–water partition coefficient (Wildman–Crippen LogP) is 13.2. The van der Waals surface area contributed by atoms with Crippen molar-refractivity contribution < 1.29 is 76.3 Å². The van der Waals surface area contributed by atoms with E-state index in [0.717, 1.165) is 142 Å². The molecular formula is C91H110N12O16. The number of likely N-dealkylation sites (tertiary alicyclic amines) is 2. The second-order valence-corrected chi connectivity index (χ2v) is 30.9. The van der Waals surface area contributed by atoms with E-state index >= 15 is 0 Å². The number of nitrogens with zero attached hydrogens (tertiary/aromatic N) is 12. The van der Waals surface area contributed by atoms with Gasteiger partial charge in [0.05, 0.1) is 150 Å². The van der Waals surface area contributed by atoms with Crippen molar-refractivity contribution in [2.75, 3.05) is 119 Å². The highest BCUT2D eigenvalue weighted by Crippen LogP contribution is 2.44. The summed E-state index contributed by atoms with van der Waals surface area (Å²) in [4.78, 5) is 135. The molecule has 12 heterocycles. The van der Waals surface area contributed by atoms with E-state index in [0.29, 0.717) is 123 Å². The molecule has 0 radical (unpaired) electrons. The van der Waals surface area contributed by atoms with Gasteiger partial charge in [0.1, 0.15) is 0 Å². The number of fused-ring (bicyclic) bond motifs is 10. The molecule has 0 saturated carbocycles. The van der Waals surface area contributed by atoms with E-state index in [2.05, 4.69) is 38.2 Å². The number of rotatable bonds is 20. The van der Waals surface area contributed by atoms with E-state index in [4.69, 9.17) is 37.9 Å². The number of piperidine rings is 1. The number of ether oxygens (including phenoxy) is 8. The fourth-order valence-electron chi connectivity index (χ4n) is 17.3. The maximum Gasteiger partial charge on any atom is 0.256 e. The Kier molecular flexibility index (Phi) is 28.0. The minimum absolute atomic E-state index is 0. The first-order chi connectivity index (χ1) is 57.1. The first-order valence-corrected chi connectivity index (χ1v) is 41.2. The average molecular weight is 1630 g/mol. The smallest absolute Gasteiger partial charge is 0.256 e. The lowest BCUT2D eigenvalue weighted by Crippen LogP contribution is -2.36. The Hall–Kier alpha value is -11.8. The minimum atomic E-state index is -0.0253. The molecule has 6 aromatic rings. The molecule has 6 saturated heterocycles. The Labute approximate surface area is 696 Å². The molecule has 0 spiro atoms. The largest absolute Gasteiger partial charge is 0.493 e. The summed E-state index contributed by atoms with van der Waals surface area (Å²) < 4.78 is 45.3. The van der Waals surface area contributed by atoms with Crippen LogP contribution in [0.3, 0.4) is 0 Å². The first-order valence-electron chi connectivity index (χ1n) is 41.2. The molecule has 0 aliphatic carbocycles. The monoisotopic (exact) mass is 1630 g/mol. The number of methoxy groups -OCH3 is 4. The molecule has 28 heteroatoms. The number of carbonyl (C=O) groups excluding carboxylic acids is 8. The van der Waals surface area contributed by atoms with Gasteiger partial charge in [-0.3, -0.25) is 58.3 Å². The SMILES string of the molecule is C.C.COc1cc2c(cc1OCCC(=O)N1CCCC1)N=C[C@@H]1CCCN1C2=O.COc1cc2c(cc1OCCC(=O)N1CCCCC1)N=C[C@@H]1CCCN1C2=O.COc1cc2c(cc1OCCC(=O)N1CCc3ccccc31)N=C[C@@H]1CCCN1C2=O.COc1cc2c(cc1OCCC(=O)N1Cc3ccccc3C1)N=C[C@@H]1CCCN1C2=O. The second kappa shape index (κ2) is 39.2. The van der Waals surface area contributed by atoms with Crippen LogP contribution in [-0.4, -0.2) is 244 Å². The van der Waals surface area contributed by atoms with Gasteiger partial charge in [0, 0.05) is 127 Å². The second-order valence-electron chi connectivity index (χ2n) is 30.9. The quantitative estimate of drug-likeness (QED) is 0.0686. The van der Waals surface area contributed by atoms with Crippen molar-refractivity contribution in [3.05, 3.63) is 136 Å². The van der Waals surface area contributed by atoms with Crippen molar-refractivity contribution in [2.24, 2.45) is 20.0 Å². The van der Waals surface area contributed by atoms with Crippen molar-refractivity contribution >= 4 is 101 Å². The molecule has 630 valence electrons. The maximum atomic E-state index is 12.9. The van der Waals surface area contributed by atoms with Crippen LogP contribution in [0.2, 0.25) is 0 Å². The Balaban J connectivity index is 0.000000137. The van der Waals surface area contributed by atoms with Gasteiger partial charge in [0.25, 0.3) is 23.6 Å².